The molecule has 2 atom stereocenters. The molecule has 0 saturated carbocycles. The van der Waals surface area contributed by atoms with Crippen molar-refractivity contribution < 1.29 is 23.0 Å². The van der Waals surface area contributed by atoms with E-state index in [0.717, 1.165) is 56.0 Å². The molecule has 0 unspecified atom stereocenters. The minimum Gasteiger partial charge on any atom is -0.493 e. The van der Waals surface area contributed by atoms with Crippen molar-refractivity contribution in [2.75, 3.05) is 45.9 Å². The van der Waals surface area contributed by atoms with Crippen LogP contribution in [-0.4, -0.2) is 75.1 Å². The van der Waals surface area contributed by atoms with E-state index in [1.165, 1.54) is 16.7 Å². The van der Waals surface area contributed by atoms with Crippen LogP contribution in [0.2, 0.25) is 0 Å². The lowest BCUT2D eigenvalue weighted by molar-refractivity contribution is -0.137. The summed E-state index contributed by atoms with van der Waals surface area (Å²) < 4.78 is 47.3. The number of aromatic nitrogens is 2. The molecule has 0 amide bonds. The molecule has 0 radical (unpaired) electrons. The summed E-state index contributed by atoms with van der Waals surface area (Å²) in [7, 11) is 0. The molecular weight excluding hydrogens is 471 g/mol. The normalized spacial score (nSPS) is 22.3. The molecule has 3 aliphatic rings. The van der Waals surface area contributed by atoms with Gasteiger partial charge in [0, 0.05) is 26.2 Å². The summed E-state index contributed by atoms with van der Waals surface area (Å²) in [5.74, 6) is -0.336. The average molecular weight is 498 g/mol. The van der Waals surface area contributed by atoms with Crippen molar-refractivity contribution in [3.05, 3.63) is 46.0 Å². The van der Waals surface area contributed by atoms with Crippen LogP contribution >= 0.6 is 12.2 Å². The first-order chi connectivity index (χ1) is 16.3. The van der Waals surface area contributed by atoms with Gasteiger partial charge in [0.05, 0.1) is 36.5 Å². The van der Waals surface area contributed by atoms with Crippen LogP contribution in [-0.2, 0) is 10.9 Å². The summed E-state index contributed by atoms with van der Waals surface area (Å²) in [5.41, 5.74) is -1.04. The molecule has 0 spiro atoms. The number of imidazole rings is 1. The number of hydrogen-bond acceptors (Lipinski definition) is 5. The van der Waals surface area contributed by atoms with Crippen LogP contribution in [0, 0.1) is 0 Å². The van der Waals surface area contributed by atoms with E-state index in [-0.39, 0.29) is 23.7 Å². The largest absolute Gasteiger partial charge is 0.493 e. The molecule has 4 heterocycles. The van der Waals surface area contributed by atoms with Gasteiger partial charge in [-0.15, -0.1) is 0 Å². The summed E-state index contributed by atoms with van der Waals surface area (Å²) in [5, 5.41) is 14.7. The van der Waals surface area contributed by atoms with Crippen LogP contribution in [0.1, 0.15) is 36.2 Å². The standard InChI is InChI=1S/C22H26F3N5O3S/c23-22(24,25)14-3-1-4-15(11-14)30-19(31)18-17-12-16(29(18)21(30)32)13-28(17)20(34)26-5-2-6-27-7-9-33-10-8-27/h1,3-4,11,16-17,31H,2,5-10,12-13H2,(H,26,34)/t16-,17-/m0/s1. The Morgan fingerprint density at radius 3 is 2.76 bits per heavy atom. The van der Waals surface area contributed by atoms with Gasteiger partial charge in [-0.1, -0.05) is 6.07 Å². The molecule has 1 aromatic carbocycles. The smallest absolute Gasteiger partial charge is 0.416 e. The van der Waals surface area contributed by atoms with E-state index in [9.17, 15) is 23.1 Å². The van der Waals surface area contributed by atoms with Crippen LogP contribution in [0.15, 0.2) is 29.1 Å². The molecule has 3 aliphatic heterocycles. The van der Waals surface area contributed by atoms with E-state index in [0.29, 0.717) is 30.3 Å². The monoisotopic (exact) mass is 497 g/mol. The van der Waals surface area contributed by atoms with Crippen molar-refractivity contribution in [3.8, 4) is 11.6 Å². The minimum atomic E-state index is -4.55. The number of aromatic hydroxyl groups is 1. The number of morpholine rings is 1. The maximum atomic E-state index is 13.2. The second kappa shape index (κ2) is 8.90. The molecule has 0 aliphatic carbocycles. The van der Waals surface area contributed by atoms with Crippen molar-refractivity contribution in [1.29, 1.82) is 0 Å². The van der Waals surface area contributed by atoms with Crippen molar-refractivity contribution in [1.82, 2.24) is 24.3 Å². The van der Waals surface area contributed by atoms with E-state index in [1.807, 2.05) is 4.90 Å². The Bertz CT molecular complexity index is 1140. The maximum absolute atomic E-state index is 13.2. The molecule has 2 aromatic rings. The van der Waals surface area contributed by atoms with Crippen molar-refractivity contribution in [2.24, 2.45) is 0 Å². The number of hydrogen-bond donors (Lipinski definition) is 2. The number of fused-ring (bicyclic) bond motifs is 5. The van der Waals surface area contributed by atoms with Gasteiger partial charge < -0.3 is 20.1 Å². The summed E-state index contributed by atoms with van der Waals surface area (Å²) >= 11 is 5.59. The number of benzene rings is 1. The molecule has 184 valence electrons. The van der Waals surface area contributed by atoms with E-state index in [1.54, 1.807) is 0 Å². The Kier molecular flexibility index (Phi) is 6.07. The molecule has 2 N–H and O–H groups in total. The molecule has 2 fully saturated rings. The zero-order valence-electron chi connectivity index (χ0n) is 18.4. The third-order valence-corrected chi connectivity index (χ3v) is 7.16. The Hall–Kier alpha value is -2.57. The summed E-state index contributed by atoms with van der Waals surface area (Å²) in [6.45, 7) is 5.54. The van der Waals surface area contributed by atoms with Gasteiger partial charge in [0.2, 0.25) is 5.88 Å². The summed E-state index contributed by atoms with van der Waals surface area (Å²) in [4.78, 5) is 17.4. The Morgan fingerprint density at radius 2 is 2.03 bits per heavy atom. The zero-order valence-corrected chi connectivity index (χ0v) is 19.2. The van der Waals surface area contributed by atoms with Gasteiger partial charge in [-0.25, -0.2) is 9.36 Å². The van der Waals surface area contributed by atoms with Crippen LogP contribution < -0.4 is 11.0 Å². The Morgan fingerprint density at radius 1 is 1.26 bits per heavy atom. The second-order valence-corrected chi connectivity index (χ2v) is 9.23. The molecule has 12 heteroatoms. The number of ether oxygens (including phenoxy) is 1. The fraction of sp³-hybridized carbons (Fsp3) is 0.545. The third kappa shape index (κ3) is 4.07. The third-order valence-electron chi connectivity index (χ3n) is 6.78. The fourth-order valence-corrected chi connectivity index (χ4v) is 5.45. The van der Waals surface area contributed by atoms with E-state index in [4.69, 9.17) is 17.0 Å². The number of halogens is 3. The number of likely N-dealkylation sites (tertiary alicyclic amines) is 1. The highest BCUT2D eigenvalue weighted by molar-refractivity contribution is 7.80. The molecule has 1 aromatic heterocycles. The lowest BCUT2D eigenvalue weighted by Gasteiger charge is -2.30. The molecule has 8 nitrogen and oxygen atoms in total. The lowest BCUT2D eigenvalue weighted by atomic mass is 10.2. The molecule has 5 rings (SSSR count). The quantitative estimate of drug-likeness (QED) is 0.485. The van der Waals surface area contributed by atoms with Crippen molar-refractivity contribution in [3.63, 3.8) is 0 Å². The minimum absolute atomic E-state index is 0.0195. The lowest BCUT2D eigenvalue weighted by Crippen LogP contribution is -2.44. The van der Waals surface area contributed by atoms with Gasteiger partial charge in [-0.05, 0) is 49.8 Å². The Balaban J connectivity index is 1.30. The van der Waals surface area contributed by atoms with Gasteiger partial charge in [-0.2, -0.15) is 13.2 Å². The van der Waals surface area contributed by atoms with Gasteiger partial charge in [-0.3, -0.25) is 9.47 Å². The fourth-order valence-electron chi connectivity index (χ4n) is 5.15. The van der Waals surface area contributed by atoms with E-state index < -0.39 is 17.4 Å². The number of alkyl halides is 3. The summed E-state index contributed by atoms with van der Waals surface area (Å²) in [6, 6.07) is 3.92. The van der Waals surface area contributed by atoms with Gasteiger partial charge >= 0.3 is 11.9 Å². The van der Waals surface area contributed by atoms with Gasteiger partial charge in [0.15, 0.2) is 5.11 Å². The topological polar surface area (TPSA) is 74.9 Å². The zero-order chi connectivity index (χ0) is 24.0. The highest BCUT2D eigenvalue weighted by Crippen LogP contribution is 2.48. The predicted molar refractivity (Wildman–Crippen MR) is 122 cm³/mol. The van der Waals surface area contributed by atoms with E-state index in [2.05, 4.69) is 10.2 Å². The van der Waals surface area contributed by atoms with Crippen LogP contribution in [0.5, 0.6) is 5.88 Å². The molecule has 2 saturated heterocycles. The number of nitrogens with one attached hydrogen (secondary N) is 1. The maximum Gasteiger partial charge on any atom is 0.416 e. The van der Waals surface area contributed by atoms with Crippen LogP contribution in [0.25, 0.3) is 5.69 Å². The Labute approximate surface area is 199 Å². The SMILES string of the molecule is O=c1n(-c2cccc(C(F)(F)F)c2)c(O)c2n1[C@H]1C[C@@H]2N(C(=S)NCCCN2CCOCC2)C1. The van der Waals surface area contributed by atoms with Gasteiger partial charge in [0.25, 0.3) is 0 Å². The van der Waals surface area contributed by atoms with Crippen molar-refractivity contribution >= 4 is 17.3 Å². The number of thiocarbonyl (C=S) groups is 1. The molecular formula is C22H26F3N5O3S. The van der Waals surface area contributed by atoms with Crippen LogP contribution in [0.3, 0.4) is 0 Å². The first-order valence-electron chi connectivity index (χ1n) is 11.3. The number of nitrogens with zero attached hydrogens (tertiary/aromatic N) is 4. The van der Waals surface area contributed by atoms with Gasteiger partial charge in [0.1, 0.15) is 5.69 Å². The number of rotatable bonds is 5. The average Bonchev–Trinajstić information content (AvgIpc) is 3.48. The highest BCUT2D eigenvalue weighted by atomic mass is 32.1. The second-order valence-electron chi connectivity index (χ2n) is 8.84. The summed E-state index contributed by atoms with van der Waals surface area (Å²) in [6.07, 6.45) is -3.01. The first-order valence-corrected chi connectivity index (χ1v) is 11.7. The highest BCUT2D eigenvalue weighted by Gasteiger charge is 2.48. The van der Waals surface area contributed by atoms with Crippen molar-refractivity contribution in [2.45, 2.75) is 31.1 Å². The molecule has 34 heavy (non-hydrogen) atoms. The first kappa shape index (κ1) is 23.2. The van der Waals surface area contributed by atoms with E-state index >= 15 is 0 Å². The predicted octanol–water partition coefficient (Wildman–Crippen LogP) is 2.26. The van der Waals surface area contributed by atoms with Crippen LogP contribution in [0.4, 0.5) is 13.2 Å². The molecule has 2 bridgehead atoms.